The number of ketones is 7. The van der Waals surface area contributed by atoms with E-state index in [-0.39, 0.29) is 88.5 Å². The van der Waals surface area contributed by atoms with E-state index in [4.69, 9.17) is 5.11 Å². The summed E-state index contributed by atoms with van der Waals surface area (Å²) in [5.41, 5.74) is 6.07. The van der Waals surface area contributed by atoms with Gasteiger partial charge in [0.15, 0.2) is 40.5 Å². The van der Waals surface area contributed by atoms with Gasteiger partial charge in [-0.1, -0.05) is 201 Å². The first kappa shape index (κ1) is 79.8. The fraction of sp³-hybridized carbons (Fsp3) is 0.591. The monoisotopic (exact) mass is 1060 g/mol. The second-order valence-corrected chi connectivity index (χ2v) is 21.6. The number of nitrogens with zero attached hydrogens (tertiary/aromatic N) is 2. The smallest absolute Gasteiger partial charge is 0.162 e. The van der Waals surface area contributed by atoms with Gasteiger partial charge in [-0.2, -0.15) is 0 Å². The van der Waals surface area contributed by atoms with Gasteiger partial charge in [-0.15, -0.1) is 0 Å². The van der Waals surface area contributed by atoms with Gasteiger partial charge in [0.2, 0.25) is 0 Å². The maximum Gasteiger partial charge on any atom is 0.162 e. The summed E-state index contributed by atoms with van der Waals surface area (Å²) in [4.78, 5) is 82.6. The molecule has 0 saturated carbocycles. The maximum atomic E-state index is 11.6. The molecule has 1 N–H and O–H groups in total. The molecule has 1 aromatic rings. The Kier molecular flexibility index (Phi) is 48.4. The molecule has 1 saturated heterocycles. The molecule has 0 aromatic heterocycles. The topological polar surface area (TPSA) is 146 Å². The summed E-state index contributed by atoms with van der Waals surface area (Å²) in [6.45, 7) is 61.9. The zero-order valence-corrected chi connectivity index (χ0v) is 51.8. The molecule has 0 bridgehead atoms. The molecule has 432 valence electrons. The van der Waals surface area contributed by atoms with Crippen LogP contribution in [0.5, 0.6) is 0 Å². The molecule has 0 aliphatic carbocycles. The summed E-state index contributed by atoms with van der Waals surface area (Å²) in [5, 5.41) is 8.45. The minimum atomic E-state index is -0.000880. The van der Waals surface area contributed by atoms with Crippen molar-refractivity contribution in [2.24, 2.45) is 41.4 Å². The van der Waals surface area contributed by atoms with Crippen LogP contribution in [-0.4, -0.2) is 102 Å². The highest BCUT2D eigenvalue weighted by Crippen LogP contribution is 2.14. The van der Waals surface area contributed by atoms with Gasteiger partial charge < -0.3 is 10.0 Å². The number of likely N-dealkylation sites (tertiary alicyclic amines) is 1. The number of aliphatic hydroxyl groups is 1. The highest BCUT2D eigenvalue weighted by atomic mass is 16.3. The Labute approximate surface area is 465 Å². The second kappa shape index (κ2) is 46.1. The molecule has 1 aliphatic rings. The van der Waals surface area contributed by atoms with Crippen molar-refractivity contribution >= 4 is 40.5 Å². The van der Waals surface area contributed by atoms with Crippen LogP contribution in [-0.2, 0) is 40.0 Å². The summed E-state index contributed by atoms with van der Waals surface area (Å²) in [6, 6.07) is 9.94. The number of aliphatic hydroxyl groups excluding tert-OH is 1. The molecule has 10 heteroatoms. The van der Waals surface area contributed by atoms with E-state index in [1.807, 2.05) is 167 Å². The summed E-state index contributed by atoms with van der Waals surface area (Å²) < 4.78 is 0. The Morgan fingerprint density at radius 2 is 0.737 bits per heavy atom. The molecule has 2 rings (SSSR count). The van der Waals surface area contributed by atoms with Crippen LogP contribution in [0.25, 0.3) is 0 Å². The summed E-state index contributed by atoms with van der Waals surface area (Å²) in [6.07, 6.45) is 7.26. The van der Waals surface area contributed by atoms with Crippen LogP contribution in [0.2, 0.25) is 0 Å². The predicted molar refractivity (Wildman–Crippen MR) is 324 cm³/mol. The molecular formula is C66H110N2O8. The normalized spacial score (nSPS) is 11.6. The first-order chi connectivity index (χ1) is 35.0. The first-order valence-electron chi connectivity index (χ1n) is 27.6. The van der Waals surface area contributed by atoms with Crippen molar-refractivity contribution < 1.29 is 38.7 Å². The number of rotatable bonds is 25. The average molecular weight is 1060 g/mol. The largest absolute Gasteiger partial charge is 0.396 e. The zero-order chi connectivity index (χ0) is 60.6. The molecule has 0 spiro atoms. The van der Waals surface area contributed by atoms with E-state index in [9.17, 15) is 33.6 Å². The van der Waals surface area contributed by atoms with Gasteiger partial charge in [-0.3, -0.25) is 38.5 Å². The SMILES string of the molecule is C=C(CC)C(=O)C(C)C.C=C(CC)C(=O)C(C)C.C=C(CC)C(=O)C(C)C.C=C(CCO)C(=O)C(C)C.C=C(CN(C)C)C(=O)C(C)C.C=C(CN1CCCCC1)C(=O)C(C)C.C=C(Cc1ccccc1)C(=O)C(C)C. The Bertz CT molecular complexity index is 1910. The van der Waals surface area contributed by atoms with Gasteiger partial charge in [0.05, 0.1) is 0 Å². The van der Waals surface area contributed by atoms with Crippen LogP contribution in [0.4, 0.5) is 0 Å². The van der Waals surface area contributed by atoms with Gasteiger partial charge in [-0.25, -0.2) is 0 Å². The summed E-state index contributed by atoms with van der Waals surface area (Å²) in [5.74, 6) is 1.71. The van der Waals surface area contributed by atoms with Crippen molar-refractivity contribution in [3.8, 4) is 0 Å². The number of hydrogen-bond acceptors (Lipinski definition) is 10. The molecule has 10 nitrogen and oxygen atoms in total. The number of carbonyl (C=O) groups is 7. The van der Waals surface area contributed by atoms with Crippen LogP contribution < -0.4 is 0 Å². The standard InChI is InChI=1S/C13H16O.C12H21NO.C9H17NO.C8H14O2.3C8H14O/c1-10(2)13(14)11(3)9-12-7-5-4-6-8-12;1-10(2)12(14)11(3)9-13-7-5-4-6-8-13;1-7(2)9(11)8(3)6-10(4)5;1-6(2)8(10)7(3)4-5-9;3*1-5-7(4)8(9)6(2)3/h4-8,10H,3,9H2,1-2H3;10H,3-9H2,1-2H3;7H,3,6H2,1-2,4-5H3;6,9H,3-5H2,1-2H3;3*6H,4-5H2,1-3H3. The molecule has 0 unspecified atom stereocenters. The van der Waals surface area contributed by atoms with Crippen molar-refractivity contribution in [3.63, 3.8) is 0 Å². The van der Waals surface area contributed by atoms with E-state index >= 15 is 0 Å². The molecule has 1 aliphatic heterocycles. The van der Waals surface area contributed by atoms with Crippen LogP contribution in [0.3, 0.4) is 0 Å². The third-order valence-corrected chi connectivity index (χ3v) is 11.4. The molecule has 0 amide bonds. The van der Waals surface area contributed by atoms with Crippen molar-refractivity contribution in [2.75, 3.05) is 46.9 Å². The van der Waals surface area contributed by atoms with Gasteiger partial charge in [0.25, 0.3) is 0 Å². The quantitative estimate of drug-likeness (QED) is 0.0939. The van der Waals surface area contributed by atoms with Crippen LogP contribution in [0, 0.1) is 41.4 Å². The Balaban J connectivity index is -0.000000260. The van der Waals surface area contributed by atoms with Crippen molar-refractivity contribution in [2.45, 2.75) is 169 Å². The number of likely N-dealkylation sites (N-methyl/N-ethyl adjacent to an activating group) is 1. The van der Waals surface area contributed by atoms with Gasteiger partial charge in [-0.05, 0) is 99.1 Å². The Hall–Kier alpha value is -5.03. The van der Waals surface area contributed by atoms with Crippen LogP contribution >= 0.6 is 0 Å². The van der Waals surface area contributed by atoms with Crippen LogP contribution in [0.15, 0.2) is 115 Å². The second-order valence-electron chi connectivity index (χ2n) is 21.6. The third-order valence-electron chi connectivity index (χ3n) is 11.4. The van der Waals surface area contributed by atoms with E-state index in [2.05, 4.69) is 51.0 Å². The number of Topliss-reactive ketones (excluding diaryl/α,β-unsaturated/α-hetero) is 7. The van der Waals surface area contributed by atoms with E-state index in [1.165, 1.54) is 19.3 Å². The Morgan fingerprint density at radius 1 is 0.447 bits per heavy atom. The molecule has 76 heavy (non-hydrogen) atoms. The fourth-order valence-electron chi connectivity index (χ4n) is 6.49. The minimum absolute atomic E-state index is 0.000880. The van der Waals surface area contributed by atoms with Crippen molar-refractivity contribution in [3.05, 3.63) is 121 Å². The number of benzene rings is 1. The van der Waals surface area contributed by atoms with Gasteiger partial charge >= 0.3 is 0 Å². The van der Waals surface area contributed by atoms with E-state index in [0.717, 1.165) is 66.8 Å². The lowest BCUT2D eigenvalue weighted by Crippen LogP contribution is -2.33. The highest BCUT2D eigenvalue weighted by molar-refractivity contribution is 5.98. The molecule has 0 radical (unpaired) electrons. The third kappa shape index (κ3) is 41.2. The predicted octanol–water partition coefficient (Wildman–Crippen LogP) is 14.3. The Morgan fingerprint density at radius 3 is 1.01 bits per heavy atom. The van der Waals surface area contributed by atoms with Crippen molar-refractivity contribution in [1.29, 1.82) is 0 Å². The number of allylic oxidation sites excluding steroid dienone is 4. The molecule has 0 atom stereocenters. The lowest BCUT2D eigenvalue weighted by Gasteiger charge is -2.27. The average Bonchev–Trinajstić information content (AvgIpc) is 3.37. The van der Waals surface area contributed by atoms with Gasteiger partial charge in [0, 0.05) is 78.7 Å². The summed E-state index contributed by atoms with van der Waals surface area (Å²) in [7, 11) is 3.86. The fourth-order valence-corrected chi connectivity index (χ4v) is 6.49. The highest BCUT2D eigenvalue weighted by Gasteiger charge is 2.17. The number of piperidine rings is 1. The molecular weight excluding hydrogens is 949 g/mol. The molecule has 1 fully saturated rings. The molecule has 1 aromatic carbocycles. The number of carbonyl (C=O) groups excluding carboxylic acids is 7. The zero-order valence-electron chi connectivity index (χ0n) is 51.8. The van der Waals surface area contributed by atoms with Crippen molar-refractivity contribution in [1.82, 2.24) is 9.80 Å². The number of hydrogen-bond donors (Lipinski definition) is 1. The molecule has 1 heterocycles. The lowest BCUT2D eigenvalue weighted by molar-refractivity contribution is -0.119. The van der Waals surface area contributed by atoms with Gasteiger partial charge in [0.1, 0.15) is 0 Å². The maximum absolute atomic E-state index is 11.6. The summed E-state index contributed by atoms with van der Waals surface area (Å²) >= 11 is 0. The lowest BCUT2D eigenvalue weighted by atomic mass is 9.97. The minimum Gasteiger partial charge on any atom is -0.396 e. The first-order valence-corrected chi connectivity index (χ1v) is 27.6. The van der Waals surface area contributed by atoms with E-state index < -0.39 is 0 Å². The van der Waals surface area contributed by atoms with E-state index in [0.29, 0.717) is 36.1 Å². The van der Waals surface area contributed by atoms with E-state index in [1.54, 1.807) is 0 Å². The van der Waals surface area contributed by atoms with Crippen LogP contribution in [0.1, 0.15) is 168 Å².